The number of para-hydroxylation sites is 1. The zero-order valence-electron chi connectivity index (χ0n) is 10.4. The molecule has 1 aromatic carbocycles. The van der Waals surface area contributed by atoms with Gasteiger partial charge in [-0.25, -0.2) is 9.97 Å². The Hall–Kier alpha value is -1.59. The van der Waals surface area contributed by atoms with Crippen molar-refractivity contribution in [3.8, 4) is 0 Å². The summed E-state index contributed by atoms with van der Waals surface area (Å²) in [5.41, 5.74) is 1.84. The Bertz CT molecular complexity index is 697. The number of benzene rings is 1. The summed E-state index contributed by atoms with van der Waals surface area (Å²) in [6, 6.07) is 7.96. The molecular formula is C14H12N2OS2. The van der Waals surface area contributed by atoms with Crippen LogP contribution in [0.2, 0.25) is 0 Å². The molecule has 2 aromatic heterocycles. The number of hydrogen-bond acceptors (Lipinski definition) is 5. The van der Waals surface area contributed by atoms with Gasteiger partial charge >= 0.3 is 0 Å². The lowest BCUT2D eigenvalue weighted by Crippen LogP contribution is -2.06. The van der Waals surface area contributed by atoms with E-state index >= 15 is 0 Å². The molecule has 3 rings (SSSR count). The molecule has 0 aliphatic rings. The Morgan fingerprint density at radius 2 is 2.05 bits per heavy atom. The summed E-state index contributed by atoms with van der Waals surface area (Å²) in [7, 11) is 0. The van der Waals surface area contributed by atoms with E-state index in [0.29, 0.717) is 12.8 Å². The second kappa shape index (κ2) is 5.19. The van der Waals surface area contributed by atoms with Crippen LogP contribution in [0.5, 0.6) is 0 Å². The molecule has 3 aromatic rings. The third kappa shape index (κ3) is 2.88. The standard InChI is InChI=1S/C14H12N2OS2/c1-9-15-10(8-18-9)6-11(17)7-14-16-12-4-2-3-5-13(12)19-14/h2-5,8H,6-7H2,1H3. The highest BCUT2D eigenvalue weighted by Gasteiger charge is 2.11. The number of ketones is 1. The van der Waals surface area contributed by atoms with Crippen LogP contribution in [0.1, 0.15) is 15.7 Å². The molecule has 0 bridgehead atoms. The van der Waals surface area contributed by atoms with Gasteiger partial charge in [-0.05, 0) is 19.1 Å². The fraction of sp³-hybridized carbons (Fsp3) is 0.214. The van der Waals surface area contributed by atoms with Crippen molar-refractivity contribution in [2.24, 2.45) is 0 Å². The highest BCUT2D eigenvalue weighted by molar-refractivity contribution is 7.18. The minimum Gasteiger partial charge on any atom is -0.299 e. The van der Waals surface area contributed by atoms with E-state index in [1.807, 2.05) is 36.6 Å². The van der Waals surface area contributed by atoms with E-state index < -0.39 is 0 Å². The van der Waals surface area contributed by atoms with Gasteiger partial charge in [-0.2, -0.15) is 0 Å². The molecule has 0 spiro atoms. The van der Waals surface area contributed by atoms with Crippen molar-refractivity contribution >= 4 is 38.7 Å². The smallest absolute Gasteiger partial charge is 0.145 e. The van der Waals surface area contributed by atoms with Crippen LogP contribution in [-0.4, -0.2) is 15.8 Å². The van der Waals surface area contributed by atoms with E-state index in [4.69, 9.17) is 0 Å². The number of hydrogen-bond donors (Lipinski definition) is 0. The maximum absolute atomic E-state index is 12.0. The number of rotatable bonds is 4. The first-order chi connectivity index (χ1) is 9.20. The second-order valence-corrected chi connectivity index (χ2v) is 6.50. The summed E-state index contributed by atoms with van der Waals surface area (Å²) in [6.45, 7) is 1.95. The van der Waals surface area contributed by atoms with E-state index in [-0.39, 0.29) is 5.78 Å². The van der Waals surface area contributed by atoms with Gasteiger partial charge in [0.2, 0.25) is 0 Å². The minimum atomic E-state index is 0.171. The van der Waals surface area contributed by atoms with E-state index in [1.165, 1.54) is 0 Å². The predicted molar refractivity (Wildman–Crippen MR) is 78.9 cm³/mol. The fourth-order valence-corrected chi connectivity index (χ4v) is 3.53. The molecule has 5 heteroatoms. The van der Waals surface area contributed by atoms with Crippen molar-refractivity contribution < 1.29 is 4.79 Å². The van der Waals surface area contributed by atoms with Crippen LogP contribution in [0.3, 0.4) is 0 Å². The Labute approximate surface area is 119 Å². The van der Waals surface area contributed by atoms with E-state index in [1.54, 1.807) is 22.7 Å². The van der Waals surface area contributed by atoms with E-state index in [0.717, 1.165) is 25.9 Å². The third-order valence-corrected chi connectivity index (χ3v) is 4.59. The number of nitrogens with zero attached hydrogens (tertiary/aromatic N) is 2. The van der Waals surface area contributed by atoms with Gasteiger partial charge in [0.1, 0.15) is 10.8 Å². The summed E-state index contributed by atoms with van der Waals surface area (Å²) in [5, 5.41) is 3.84. The first kappa shape index (κ1) is 12.4. The van der Waals surface area contributed by atoms with Crippen LogP contribution >= 0.6 is 22.7 Å². The van der Waals surface area contributed by atoms with Crippen molar-refractivity contribution in [2.75, 3.05) is 0 Å². The van der Waals surface area contributed by atoms with Crippen LogP contribution in [0, 0.1) is 6.92 Å². The summed E-state index contributed by atoms with van der Waals surface area (Å²) >= 11 is 3.17. The van der Waals surface area contributed by atoms with Gasteiger partial charge in [-0.15, -0.1) is 22.7 Å². The van der Waals surface area contributed by atoms with Crippen LogP contribution in [0.15, 0.2) is 29.6 Å². The second-order valence-electron chi connectivity index (χ2n) is 4.33. The molecule has 0 aliphatic carbocycles. The van der Waals surface area contributed by atoms with Gasteiger partial charge in [0.25, 0.3) is 0 Å². The molecule has 19 heavy (non-hydrogen) atoms. The predicted octanol–water partition coefficient (Wildman–Crippen LogP) is 3.42. The number of carbonyl (C=O) groups is 1. The molecule has 0 fully saturated rings. The molecular weight excluding hydrogens is 276 g/mol. The highest BCUT2D eigenvalue weighted by atomic mass is 32.1. The normalized spacial score (nSPS) is 11.0. The Morgan fingerprint density at radius 3 is 2.79 bits per heavy atom. The third-order valence-electron chi connectivity index (χ3n) is 2.73. The molecule has 0 saturated carbocycles. The lowest BCUT2D eigenvalue weighted by atomic mass is 10.2. The molecule has 0 amide bonds. The molecule has 2 heterocycles. The molecule has 0 atom stereocenters. The number of aromatic nitrogens is 2. The van der Waals surface area contributed by atoms with Crippen LogP contribution in [-0.2, 0) is 17.6 Å². The molecule has 3 nitrogen and oxygen atoms in total. The van der Waals surface area contributed by atoms with E-state index in [2.05, 4.69) is 9.97 Å². The Kier molecular flexibility index (Phi) is 3.40. The van der Waals surface area contributed by atoms with Crippen molar-refractivity contribution in [1.29, 1.82) is 0 Å². The molecule has 0 unspecified atom stereocenters. The zero-order valence-corrected chi connectivity index (χ0v) is 12.1. The fourth-order valence-electron chi connectivity index (χ4n) is 1.92. The molecule has 0 radical (unpaired) electrons. The highest BCUT2D eigenvalue weighted by Crippen LogP contribution is 2.22. The summed E-state index contributed by atoms with van der Waals surface area (Å²) in [4.78, 5) is 20.8. The zero-order chi connectivity index (χ0) is 13.2. The average molecular weight is 288 g/mol. The van der Waals surface area contributed by atoms with Gasteiger partial charge < -0.3 is 0 Å². The maximum atomic E-state index is 12.0. The Morgan fingerprint density at radius 1 is 1.21 bits per heavy atom. The Balaban J connectivity index is 1.72. The van der Waals surface area contributed by atoms with Crippen molar-refractivity contribution in [3.63, 3.8) is 0 Å². The quantitative estimate of drug-likeness (QED) is 0.739. The molecule has 0 aliphatic heterocycles. The number of Topliss-reactive ketones (excluding diaryl/α,β-unsaturated/α-hetero) is 1. The average Bonchev–Trinajstić information content (AvgIpc) is 2.94. The number of carbonyl (C=O) groups excluding carboxylic acids is 1. The first-order valence-electron chi connectivity index (χ1n) is 5.98. The number of fused-ring (bicyclic) bond motifs is 1. The lowest BCUT2D eigenvalue weighted by molar-refractivity contribution is -0.117. The topological polar surface area (TPSA) is 42.9 Å². The first-order valence-corrected chi connectivity index (χ1v) is 7.67. The van der Waals surface area contributed by atoms with Crippen LogP contribution < -0.4 is 0 Å². The van der Waals surface area contributed by atoms with Gasteiger partial charge in [-0.1, -0.05) is 12.1 Å². The van der Waals surface area contributed by atoms with E-state index in [9.17, 15) is 4.79 Å². The molecule has 0 saturated heterocycles. The largest absolute Gasteiger partial charge is 0.299 e. The van der Waals surface area contributed by atoms with Gasteiger partial charge in [0, 0.05) is 11.8 Å². The van der Waals surface area contributed by atoms with Gasteiger partial charge in [0.05, 0.1) is 27.3 Å². The minimum absolute atomic E-state index is 0.171. The number of thiazole rings is 2. The van der Waals surface area contributed by atoms with Crippen molar-refractivity contribution in [3.05, 3.63) is 45.4 Å². The SMILES string of the molecule is Cc1nc(CC(=O)Cc2nc3ccccc3s2)cs1. The summed E-state index contributed by atoms with van der Waals surface area (Å²) in [5.74, 6) is 0.171. The summed E-state index contributed by atoms with van der Waals surface area (Å²) in [6.07, 6.45) is 0.802. The maximum Gasteiger partial charge on any atom is 0.145 e. The van der Waals surface area contributed by atoms with Gasteiger partial charge in [-0.3, -0.25) is 4.79 Å². The van der Waals surface area contributed by atoms with Crippen LogP contribution in [0.25, 0.3) is 10.2 Å². The summed E-state index contributed by atoms with van der Waals surface area (Å²) < 4.78 is 1.13. The van der Waals surface area contributed by atoms with Crippen LogP contribution in [0.4, 0.5) is 0 Å². The van der Waals surface area contributed by atoms with Crippen molar-refractivity contribution in [1.82, 2.24) is 9.97 Å². The number of aryl methyl sites for hydroxylation is 1. The van der Waals surface area contributed by atoms with Crippen molar-refractivity contribution in [2.45, 2.75) is 19.8 Å². The monoisotopic (exact) mass is 288 g/mol. The molecule has 96 valence electrons. The van der Waals surface area contributed by atoms with Gasteiger partial charge in [0.15, 0.2) is 0 Å². The molecule has 0 N–H and O–H groups in total. The lowest BCUT2D eigenvalue weighted by Gasteiger charge is -1.94.